The van der Waals surface area contributed by atoms with Crippen LogP contribution in [0.15, 0.2) is 18.2 Å². The zero-order valence-electron chi connectivity index (χ0n) is 15.1. The van der Waals surface area contributed by atoms with E-state index in [1.165, 1.54) is 6.07 Å². The first-order chi connectivity index (χ1) is 12.1. The molecule has 2 saturated heterocycles. The summed E-state index contributed by atoms with van der Waals surface area (Å²) in [6.45, 7) is 9.61. The Kier molecular flexibility index (Phi) is 5.91. The van der Waals surface area contributed by atoms with Gasteiger partial charge in [0.05, 0.1) is 6.04 Å². The summed E-state index contributed by atoms with van der Waals surface area (Å²) in [5.74, 6) is -0.375. The molecule has 0 unspecified atom stereocenters. The predicted octanol–water partition coefficient (Wildman–Crippen LogP) is 2.32. The normalized spacial score (nSPS) is 22.8. The van der Waals surface area contributed by atoms with Gasteiger partial charge in [0, 0.05) is 44.0 Å². The lowest BCUT2D eigenvalue weighted by molar-refractivity contribution is -0.130. The number of likely N-dealkylation sites (N-methyl/N-ethyl adjacent to an activating group) is 1. The minimum absolute atomic E-state index is 0.101. The van der Waals surface area contributed by atoms with Gasteiger partial charge in [-0.3, -0.25) is 4.79 Å². The number of rotatable bonds is 5. The van der Waals surface area contributed by atoms with Crippen LogP contribution in [-0.2, 0) is 9.53 Å². The van der Waals surface area contributed by atoms with Gasteiger partial charge in [-0.05, 0) is 44.5 Å². The fourth-order valence-electron chi connectivity index (χ4n) is 3.63. The van der Waals surface area contributed by atoms with Crippen LogP contribution in [0.3, 0.4) is 0 Å². The predicted molar refractivity (Wildman–Crippen MR) is 96.3 cm³/mol. The maximum absolute atomic E-state index is 13.9. The van der Waals surface area contributed by atoms with Gasteiger partial charge in [0.15, 0.2) is 0 Å². The van der Waals surface area contributed by atoms with Gasteiger partial charge in [-0.2, -0.15) is 0 Å². The highest BCUT2D eigenvalue weighted by atomic mass is 19.1. The Bertz CT molecular complexity index is 596. The van der Waals surface area contributed by atoms with Crippen LogP contribution in [0.5, 0.6) is 0 Å². The molecular weight excluding hydrogens is 321 g/mol. The first-order valence-electron chi connectivity index (χ1n) is 9.27. The summed E-state index contributed by atoms with van der Waals surface area (Å²) in [4.78, 5) is 17.0. The zero-order chi connectivity index (χ0) is 17.8. The summed E-state index contributed by atoms with van der Waals surface area (Å²) in [6.07, 6.45) is 1.31. The van der Waals surface area contributed by atoms with Crippen molar-refractivity contribution in [1.29, 1.82) is 0 Å². The van der Waals surface area contributed by atoms with Crippen LogP contribution in [0, 0.1) is 5.82 Å². The lowest BCUT2D eigenvalue weighted by atomic mass is 10.0. The first kappa shape index (κ1) is 18.1. The second-order valence-corrected chi connectivity index (χ2v) is 6.86. The average molecular weight is 349 g/mol. The molecule has 1 N–H and O–H groups in total. The van der Waals surface area contributed by atoms with Gasteiger partial charge in [-0.1, -0.05) is 6.92 Å². The lowest BCUT2D eigenvalue weighted by Crippen LogP contribution is -2.46. The fourth-order valence-corrected chi connectivity index (χ4v) is 3.63. The van der Waals surface area contributed by atoms with Gasteiger partial charge in [0.2, 0.25) is 5.91 Å². The van der Waals surface area contributed by atoms with Crippen molar-refractivity contribution < 1.29 is 13.9 Å². The van der Waals surface area contributed by atoms with Crippen LogP contribution in [0.4, 0.5) is 10.1 Å². The Balaban J connectivity index is 1.73. The third-order valence-corrected chi connectivity index (χ3v) is 5.20. The topological polar surface area (TPSA) is 44.8 Å². The summed E-state index contributed by atoms with van der Waals surface area (Å²) in [7, 11) is 0. The molecule has 2 fully saturated rings. The van der Waals surface area contributed by atoms with Crippen LogP contribution in [0.25, 0.3) is 0 Å². The molecule has 2 heterocycles. The molecule has 138 valence electrons. The molecule has 0 radical (unpaired) electrons. The number of nitrogens with zero attached hydrogens (tertiary/aromatic N) is 2. The highest BCUT2D eigenvalue weighted by Crippen LogP contribution is 2.29. The Morgan fingerprint density at radius 3 is 2.76 bits per heavy atom. The van der Waals surface area contributed by atoms with E-state index >= 15 is 0 Å². The van der Waals surface area contributed by atoms with Crippen LogP contribution in [-0.4, -0.2) is 56.2 Å². The van der Waals surface area contributed by atoms with Crippen molar-refractivity contribution in [3.8, 4) is 0 Å². The molecule has 2 aliphatic heterocycles. The zero-order valence-corrected chi connectivity index (χ0v) is 15.1. The SMILES string of the molecule is CCN1CCN(c2ccc(F)cc2[C@H](C)NC(=O)[C@@H]2CCCO2)CC1. The van der Waals surface area contributed by atoms with E-state index in [2.05, 4.69) is 22.0 Å². The second kappa shape index (κ2) is 8.15. The summed E-state index contributed by atoms with van der Waals surface area (Å²) >= 11 is 0. The van der Waals surface area contributed by atoms with Gasteiger partial charge in [0.25, 0.3) is 0 Å². The largest absolute Gasteiger partial charge is 0.369 e. The van der Waals surface area contributed by atoms with Gasteiger partial charge in [0.1, 0.15) is 11.9 Å². The van der Waals surface area contributed by atoms with Crippen molar-refractivity contribution in [3.05, 3.63) is 29.6 Å². The number of halogens is 1. The molecule has 6 heteroatoms. The highest BCUT2D eigenvalue weighted by molar-refractivity contribution is 5.81. The maximum atomic E-state index is 13.9. The molecule has 2 atom stereocenters. The fraction of sp³-hybridized carbons (Fsp3) is 0.632. The number of amides is 1. The minimum atomic E-state index is -0.368. The molecule has 1 aromatic carbocycles. The number of anilines is 1. The standard InChI is InChI=1S/C19H28FN3O2/c1-3-22-8-10-23(11-9-22)17-7-6-15(20)13-16(17)14(2)21-19(24)18-5-4-12-25-18/h6-7,13-14,18H,3-5,8-12H2,1-2H3,(H,21,24)/t14-,18-/m0/s1. The van der Waals surface area contributed by atoms with Crippen molar-refractivity contribution in [2.24, 2.45) is 0 Å². The quantitative estimate of drug-likeness (QED) is 0.886. The first-order valence-corrected chi connectivity index (χ1v) is 9.27. The van der Waals surface area contributed by atoms with Crippen molar-refractivity contribution in [3.63, 3.8) is 0 Å². The van der Waals surface area contributed by atoms with E-state index in [0.717, 1.165) is 56.8 Å². The average Bonchev–Trinajstić information content (AvgIpc) is 3.16. The van der Waals surface area contributed by atoms with Crippen molar-refractivity contribution in [1.82, 2.24) is 10.2 Å². The molecule has 25 heavy (non-hydrogen) atoms. The molecule has 0 aromatic heterocycles. The van der Waals surface area contributed by atoms with Crippen molar-refractivity contribution in [2.45, 2.75) is 38.8 Å². The number of benzene rings is 1. The molecule has 0 aliphatic carbocycles. The van der Waals surface area contributed by atoms with Crippen LogP contribution >= 0.6 is 0 Å². The van der Waals surface area contributed by atoms with Crippen molar-refractivity contribution in [2.75, 3.05) is 44.2 Å². The van der Waals surface area contributed by atoms with Gasteiger partial charge < -0.3 is 19.9 Å². The minimum Gasteiger partial charge on any atom is -0.369 e. The molecular formula is C19H28FN3O2. The Morgan fingerprint density at radius 2 is 2.12 bits per heavy atom. The number of piperazine rings is 1. The van der Waals surface area contributed by atoms with Crippen LogP contribution < -0.4 is 10.2 Å². The number of nitrogens with one attached hydrogen (secondary N) is 1. The molecule has 5 nitrogen and oxygen atoms in total. The molecule has 0 spiro atoms. The van der Waals surface area contributed by atoms with E-state index in [1.807, 2.05) is 13.0 Å². The van der Waals surface area contributed by atoms with E-state index in [-0.39, 0.29) is 23.9 Å². The van der Waals surface area contributed by atoms with Crippen molar-refractivity contribution >= 4 is 11.6 Å². The third-order valence-electron chi connectivity index (χ3n) is 5.20. The second-order valence-electron chi connectivity index (χ2n) is 6.86. The molecule has 3 rings (SSSR count). The summed E-state index contributed by atoms with van der Waals surface area (Å²) in [5.41, 5.74) is 1.84. The van der Waals surface area contributed by atoms with E-state index in [1.54, 1.807) is 6.07 Å². The van der Waals surface area contributed by atoms with E-state index in [9.17, 15) is 9.18 Å². The molecule has 0 bridgehead atoms. The number of carbonyl (C=O) groups excluding carboxylic acids is 1. The third kappa shape index (κ3) is 4.30. The number of hydrogen-bond acceptors (Lipinski definition) is 4. The van der Waals surface area contributed by atoms with Gasteiger partial charge in [-0.15, -0.1) is 0 Å². The maximum Gasteiger partial charge on any atom is 0.249 e. The Labute approximate surface area is 149 Å². The van der Waals surface area contributed by atoms with Crippen LogP contribution in [0.1, 0.15) is 38.3 Å². The Hall–Kier alpha value is -1.66. The summed E-state index contributed by atoms with van der Waals surface area (Å²) in [6, 6.07) is 4.62. The molecule has 2 aliphatic rings. The highest BCUT2D eigenvalue weighted by Gasteiger charge is 2.27. The monoisotopic (exact) mass is 349 g/mol. The number of ether oxygens (including phenoxy) is 1. The van der Waals surface area contributed by atoms with Crippen LogP contribution in [0.2, 0.25) is 0 Å². The number of hydrogen-bond donors (Lipinski definition) is 1. The Morgan fingerprint density at radius 1 is 1.36 bits per heavy atom. The molecule has 1 aromatic rings. The van der Waals surface area contributed by atoms with E-state index < -0.39 is 0 Å². The molecule has 0 saturated carbocycles. The summed E-state index contributed by atoms with van der Waals surface area (Å²) < 4.78 is 19.3. The van der Waals surface area contributed by atoms with E-state index in [0.29, 0.717) is 6.61 Å². The summed E-state index contributed by atoms with van der Waals surface area (Å²) in [5, 5.41) is 3.00. The van der Waals surface area contributed by atoms with E-state index in [4.69, 9.17) is 4.74 Å². The van der Waals surface area contributed by atoms with Gasteiger partial charge >= 0.3 is 0 Å². The lowest BCUT2D eigenvalue weighted by Gasteiger charge is -2.37. The smallest absolute Gasteiger partial charge is 0.249 e. The van der Waals surface area contributed by atoms with Gasteiger partial charge in [-0.25, -0.2) is 4.39 Å². The molecule has 1 amide bonds. The number of carbonyl (C=O) groups is 1.